The number of hydrogen-bond donors (Lipinski definition) is 1. The second-order valence-electron chi connectivity index (χ2n) is 6.82. The number of H-pyrrole nitrogens is 1. The van der Waals surface area contributed by atoms with E-state index in [9.17, 15) is 4.79 Å². The van der Waals surface area contributed by atoms with Crippen LogP contribution in [0.25, 0.3) is 17.2 Å². The van der Waals surface area contributed by atoms with Gasteiger partial charge in [0.2, 0.25) is 0 Å². The van der Waals surface area contributed by atoms with Crippen LogP contribution in [0.2, 0.25) is 0 Å². The van der Waals surface area contributed by atoms with Crippen molar-refractivity contribution in [3.05, 3.63) is 88.3 Å². The first kappa shape index (κ1) is 17.2. The van der Waals surface area contributed by atoms with E-state index < -0.39 is 5.60 Å². The van der Waals surface area contributed by atoms with Crippen LogP contribution in [0, 0.1) is 0 Å². The number of hydrogen-bond acceptors (Lipinski definition) is 4. The molecule has 0 radical (unpaired) electrons. The Morgan fingerprint density at radius 1 is 1.00 bits per heavy atom. The zero-order valence-corrected chi connectivity index (χ0v) is 15.2. The van der Waals surface area contributed by atoms with Crippen molar-refractivity contribution in [2.45, 2.75) is 26.1 Å². The summed E-state index contributed by atoms with van der Waals surface area (Å²) in [6.45, 7) is 4.21. The molecular formula is C21H20N4O2. The van der Waals surface area contributed by atoms with Crippen LogP contribution in [-0.4, -0.2) is 19.6 Å². The molecule has 4 aromatic rings. The Morgan fingerprint density at radius 3 is 2.37 bits per heavy atom. The lowest BCUT2D eigenvalue weighted by Gasteiger charge is -2.25. The summed E-state index contributed by atoms with van der Waals surface area (Å²) in [5, 5.41) is 3.00. The standard InChI is InChI=1S/C21H20N4O2/c1-21(2,16-11-7-4-8-12-16)27-14-17-13-18(26)25-20(22-17)23-19(24-25)15-9-5-3-6-10-15/h3-13H,14H2,1-2H3,(H,22,23,24). The summed E-state index contributed by atoms with van der Waals surface area (Å²) in [6.07, 6.45) is 0. The second-order valence-corrected chi connectivity index (χ2v) is 6.82. The van der Waals surface area contributed by atoms with E-state index in [0.717, 1.165) is 11.1 Å². The molecule has 27 heavy (non-hydrogen) atoms. The average molecular weight is 360 g/mol. The van der Waals surface area contributed by atoms with E-state index >= 15 is 0 Å². The van der Waals surface area contributed by atoms with Gasteiger partial charge >= 0.3 is 0 Å². The van der Waals surface area contributed by atoms with E-state index in [1.807, 2.05) is 74.5 Å². The maximum absolute atomic E-state index is 12.4. The summed E-state index contributed by atoms with van der Waals surface area (Å²) in [6, 6.07) is 21.1. The van der Waals surface area contributed by atoms with E-state index in [1.165, 1.54) is 10.6 Å². The Bertz CT molecular complexity index is 1120. The van der Waals surface area contributed by atoms with Gasteiger partial charge in [0.05, 0.1) is 17.9 Å². The summed E-state index contributed by atoms with van der Waals surface area (Å²) in [4.78, 5) is 21.4. The predicted octanol–water partition coefficient (Wildman–Crippen LogP) is 3.54. The second kappa shape index (κ2) is 6.81. The highest BCUT2D eigenvalue weighted by molar-refractivity contribution is 5.56. The van der Waals surface area contributed by atoms with Gasteiger partial charge in [-0.05, 0) is 19.4 Å². The summed E-state index contributed by atoms with van der Waals surface area (Å²) in [5.74, 6) is 0.931. The fourth-order valence-electron chi connectivity index (χ4n) is 2.90. The van der Waals surface area contributed by atoms with Crippen molar-refractivity contribution in [3.8, 4) is 11.4 Å². The number of aromatic nitrogens is 4. The van der Waals surface area contributed by atoms with Crippen molar-refractivity contribution >= 4 is 5.78 Å². The van der Waals surface area contributed by atoms with Crippen LogP contribution in [0.5, 0.6) is 0 Å². The molecule has 0 atom stereocenters. The Morgan fingerprint density at radius 2 is 1.67 bits per heavy atom. The summed E-state index contributed by atoms with van der Waals surface area (Å²) in [5.41, 5.74) is 1.80. The largest absolute Gasteiger partial charge is 0.365 e. The number of aromatic amines is 1. The first-order valence-electron chi connectivity index (χ1n) is 8.76. The molecule has 0 spiro atoms. The Kier molecular flexibility index (Phi) is 4.33. The van der Waals surface area contributed by atoms with Gasteiger partial charge in [0.1, 0.15) is 0 Å². The molecule has 0 aliphatic heterocycles. The minimum absolute atomic E-state index is 0.217. The molecule has 0 aliphatic rings. The average Bonchev–Trinajstić information content (AvgIpc) is 3.13. The lowest BCUT2D eigenvalue weighted by molar-refractivity contribution is -0.0351. The fraction of sp³-hybridized carbons (Fsp3) is 0.190. The molecule has 0 saturated heterocycles. The van der Waals surface area contributed by atoms with Crippen molar-refractivity contribution in [1.82, 2.24) is 19.6 Å². The third kappa shape index (κ3) is 3.52. The minimum atomic E-state index is -0.491. The normalized spacial score (nSPS) is 11.8. The van der Waals surface area contributed by atoms with Crippen LogP contribution in [-0.2, 0) is 16.9 Å². The van der Waals surface area contributed by atoms with Crippen LogP contribution in [0.3, 0.4) is 0 Å². The van der Waals surface area contributed by atoms with Crippen LogP contribution < -0.4 is 5.56 Å². The molecule has 0 aliphatic carbocycles. The van der Waals surface area contributed by atoms with Crippen molar-refractivity contribution in [1.29, 1.82) is 0 Å². The van der Waals surface area contributed by atoms with E-state index in [0.29, 0.717) is 17.3 Å². The molecule has 0 unspecified atom stereocenters. The maximum Gasteiger partial charge on any atom is 0.274 e. The summed E-state index contributed by atoms with van der Waals surface area (Å²) >= 11 is 0. The number of ether oxygens (including phenoxy) is 1. The monoisotopic (exact) mass is 360 g/mol. The fourth-order valence-corrected chi connectivity index (χ4v) is 2.90. The molecule has 0 saturated carbocycles. The van der Waals surface area contributed by atoms with E-state index in [-0.39, 0.29) is 12.2 Å². The van der Waals surface area contributed by atoms with E-state index in [4.69, 9.17) is 4.74 Å². The lowest BCUT2D eigenvalue weighted by atomic mass is 9.98. The number of nitrogens with zero attached hydrogens (tertiary/aromatic N) is 3. The molecule has 2 aromatic carbocycles. The Balaban J connectivity index is 1.61. The molecule has 6 heteroatoms. The van der Waals surface area contributed by atoms with Gasteiger partial charge in [0, 0.05) is 11.6 Å². The van der Waals surface area contributed by atoms with Crippen LogP contribution in [0.4, 0.5) is 0 Å². The molecule has 0 bridgehead atoms. The predicted molar refractivity (Wildman–Crippen MR) is 103 cm³/mol. The van der Waals surface area contributed by atoms with Crippen molar-refractivity contribution in [2.75, 3.05) is 0 Å². The maximum atomic E-state index is 12.4. The zero-order chi connectivity index (χ0) is 18.9. The summed E-state index contributed by atoms with van der Waals surface area (Å²) < 4.78 is 7.39. The lowest BCUT2D eigenvalue weighted by Crippen LogP contribution is -2.23. The number of benzene rings is 2. The number of fused-ring (bicyclic) bond motifs is 1. The van der Waals surface area contributed by atoms with Gasteiger partial charge in [-0.3, -0.25) is 9.89 Å². The molecule has 4 rings (SSSR count). The Hall–Kier alpha value is -3.25. The molecule has 6 nitrogen and oxygen atoms in total. The third-order valence-corrected chi connectivity index (χ3v) is 4.48. The molecule has 0 fully saturated rings. The van der Waals surface area contributed by atoms with Crippen LogP contribution in [0.15, 0.2) is 71.5 Å². The molecular weight excluding hydrogens is 340 g/mol. The summed E-state index contributed by atoms with van der Waals surface area (Å²) in [7, 11) is 0. The Labute approximate surface area is 156 Å². The first-order valence-corrected chi connectivity index (χ1v) is 8.76. The van der Waals surface area contributed by atoms with E-state index in [1.54, 1.807) is 0 Å². The van der Waals surface area contributed by atoms with Crippen molar-refractivity contribution in [3.63, 3.8) is 0 Å². The number of rotatable bonds is 5. The molecule has 1 N–H and O–H groups in total. The quantitative estimate of drug-likeness (QED) is 0.591. The highest BCUT2D eigenvalue weighted by atomic mass is 16.5. The highest BCUT2D eigenvalue weighted by Crippen LogP contribution is 2.25. The van der Waals surface area contributed by atoms with Crippen molar-refractivity contribution in [2.24, 2.45) is 0 Å². The van der Waals surface area contributed by atoms with Gasteiger partial charge in [-0.2, -0.15) is 9.50 Å². The van der Waals surface area contributed by atoms with Gasteiger partial charge in [-0.1, -0.05) is 60.7 Å². The zero-order valence-electron chi connectivity index (χ0n) is 15.2. The van der Waals surface area contributed by atoms with E-state index in [2.05, 4.69) is 15.1 Å². The van der Waals surface area contributed by atoms with Gasteiger partial charge in [0.25, 0.3) is 11.3 Å². The first-order chi connectivity index (χ1) is 13.0. The smallest absolute Gasteiger partial charge is 0.274 e. The van der Waals surface area contributed by atoms with Crippen LogP contribution >= 0.6 is 0 Å². The van der Waals surface area contributed by atoms with Gasteiger partial charge in [-0.25, -0.2) is 4.98 Å². The van der Waals surface area contributed by atoms with Gasteiger partial charge in [-0.15, -0.1) is 0 Å². The third-order valence-electron chi connectivity index (χ3n) is 4.48. The van der Waals surface area contributed by atoms with Crippen LogP contribution in [0.1, 0.15) is 25.1 Å². The molecule has 136 valence electrons. The van der Waals surface area contributed by atoms with Crippen molar-refractivity contribution < 1.29 is 4.74 Å². The molecule has 2 aromatic heterocycles. The highest BCUT2D eigenvalue weighted by Gasteiger charge is 2.21. The minimum Gasteiger partial charge on any atom is -0.365 e. The van der Waals surface area contributed by atoms with Gasteiger partial charge < -0.3 is 4.74 Å². The van der Waals surface area contributed by atoms with Gasteiger partial charge in [0.15, 0.2) is 5.82 Å². The topological polar surface area (TPSA) is 72.3 Å². The SMILES string of the molecule is CC(C)(OCc1cc(=O)n2[nH]c(-c3ccccc3)nc2n1)c1ccccc1. The molecule has 0 amide bonds. The molecule has 2 heterocycles. The number of nitrogens with one attached hydrogen (secondary N) is 1.